The highest BCUT2D eigenvalue weighted by Crippen LogP contribution is 2.23. The first-order valence-electron chi connectivity index (χ1n) is 6.14. The van der Waals surface area contributed by atoms with E-state index in [1.807, 2.05) is 0 Å². The molecule has 3 unspecified atom stereocenters. The first kappa shape index (κ1) is 16.6. The summed E-state index contributed by atoms with van der Waals surface area (Å²) in [6.07, 6.45) is -2.32. The van der Waals surface area contributed by atoms with E-state index in [-0.39, 0.29) is 5.75 Å². The number of ether oxygens (including phenoxy) is 2. The molecule has 3 N–H and O–H groups in total. The van der Waals surface area contributed by atoms with E-state index < -0.39 is 30.7 Å². The van der Waals surface area contributed by atoms with Crippen LogP contribution in [-0.2, 0) is 9.47 Å². The van der Waals surface area contributed by atoms with E-state index >= 15 is 0 Å². The number of hydrogen-bond acceptors (Lipinski definition) is 7. The molecule has 0 aliphatic carbocycles. The van der Waals surface area contributed by atoms with Gasteiger partial charge in [0.05, 0.1) is 6.10 Å². The van der Waals surface area contributed by atoms with E-state index in [1.54, 1.807) is 0 Å². The van der Waals surface area contributed by atoms with Crippen molar-refractivity contribution in [2.45, 2.75) is 50.0 Å². The van der Waals surface area contributed by atoms with Gasteiger partial charge in [-0.25, -0.2) is 0 Å². The smallest absolute Gasteiger partial charge is 0.186 e. The fourth-order valence-corrected chi connectivity index (χ4v) is 2.32. The lowest BCUT2D eigenvalue weighted by molar-refractivity contribution is -0.292. The molecule has 0 spiro atoms. The minimum atomic E-state index is -1.27. The molecule has 108 valence electrons. The summed E-state index contributed by atoms with van der Waals surface area (Å²) in [4.78, 5) is 0. The maximum absolute atomic E-state index is 9.73. The summed E-state index contributed by atoms with van der Waals surface area (Å²) in [5, 5.41) is 29.0. The van der Waals surface area contributed by atoms with E-state index in [2.05, 4.69) is 25.3 Å². The predicted octanol–water partition coefficient (Wildman–Crippen LogP) is -0.160. The van der Waals surface area contributed by atoms with Gasteiger partial charge in [-0.1, -0.05) is 6.42 Å². The average molecular weight is 298 g/mol. The molecule has 0 aromatic heterocycles. The zero-order valence-electron chi connectivity index (χ0n) is 10.2. The Morgan fingerprint density at radius 1 is 0.944 bits per heavy atom. The summed E-state index contributed by atoms with van der Waals surface area (Å²) in [6, 6.07) is 0. The van der Waals surface area contributed by atoms with Crippen LogP contribution in [0.5, 0.6) is 0 Å². The third-order valence-electron chi connectivity index (χ3n) is 2.93. The van der Waals surface area contributed by atoms with Gasteiger partial charge >= 0.3 is 0 Å². The quantitative estimate of drug-likeness (QED) is 0.333. The van der Waals surface area contributed by atoms with Gasteiger partial charge in [0.25, 0.3) is 0 Å². The molecule has 1 rings (SSSR count). The largest absolute Gasteiger partial charge is 0.388 e. The summed E-state index contributed by atoms with van der Waals surface area (Å²) >= 11 is 8.14. The van der Waals surface area contributed by atoms with E-state index in [0.29, 0.717) is 6.61 Å². The molecule has 0 saturated carbocycles. The van der Waals surface area contributed by atoms with Gasteiger partial charge in [0.2, 0.25) is 0 Å². The Morgan fingerprint density at radius 2 is 1.67 bits per heavy atom. The predicted molar refractivity (Wildman–Crippen MR) is 74.2 cm³/mol. The van der Waals surface area contributed by atoms with Gasteiger partial charge in [-0.3, -0.25) is 0 Å². The number of aliphatic hydroxyl groups is 3. The Morgan fingerprint density at radius 3 is 2.28 bits per heavy atom. The molecule has 1 fully saturated rings. The lowest BCUT2D eigenvalue weighted by Gasteiger charge is -2.39. The SMILES string of the molecule is OC1C(O)[C@@H](O)C(CS)O[C@@H]1OCCCCCS. The van der Waals surface area contributed by atoms with Gasteiger partial charge in [-0.05, 0) is 18.6 Å². The van der Waals surface area contributed by atoms with Gasteiger partial charge < -0.3 is 24.8 Å². The minimum Gasteiger partial charge on any atom is -0.388 e. The molecular formula is C11H22O5S2. The van der Waals surface area contributed by atoms with Crippen LogP contribution in [0.15, 0.2) is 0 Å². The van der Waals surface area contributed by atoms with Crippen LogP contribution in [0.2, 0.25) is 0 Å². The zero-order valence-corrected chi connectivity index (χ0v) is 12.0. The molecule has 1 aliphatic heterocycles. The molecule has 18 heavy (non-hydrogen) atoms. The zero-order chi connectivity index (χ0) is 13.5. The molecule has 5 nitrogen and oxygen atoms in total. The fourth-order valence-electron chi connectivity index (χ4n) is 1.80. The summed E-state index contributed by atoms with van der Waals surface area (Å²) in [6.45, 7) is 0.442. The standard InChI is InChI=1S/C11H22O5S2/c12-8-7(6-18)16-11(10(14)9(8)13)15-4-2-1-3-5-17/h7-14,17-18H,1-6H2/t7?,8-,9?,10?,11-/m0/s1. The first-order chi connectivity index (χ1) is 8.61. The molecule has 0 radical (unpaired) electrons. The van der Waals surface area contributed by atoms with Crippen LogP contribution in [0.25, 0.3) is 0 Å². The van der Waals surface area contributed by atoms with Crippen molar-refractivity contribution in [3.63, 3.8) is 0 Å². The Kier molecular flexibility index (Phi) is 7.93. The van der Waals surface area contributed by atoms with E-state index in [4.69, 9.17) is 9.47 Å². The number of rotatable bonds is 7. The highest BCUT2D eigenvalue weighted by molar-refractivity contribution is 7.80. The topological polar surface area (TPSA) is 79.2 Å². The molecular weight excluding hydrogens is 276 g/mol. The first-order valence-corrected chi connectivity index (χ1v) is 7.41. The van der Waals surface area contributed by atoms with Crippen molar-refractivity contribution in [3.05, 3.63) is 0 Å². The van der Waals surface area contributed by atoms with Crippen molar-refractivity contribution in [1.82, 2.24) is 0 Å². The molecule has 1 heterocycles. The number of unbranched alkanes of at least 4 members (excludes halogenated alkanes) is 2. The maximum atomic E-state index is 9.73. The van der Waals surface area contributed by atoms with Crippen LogP contribution < -0.4 is 0 Å². The molecule has 5 atom stereocenters. The van der Waals surface area contributed by atoms with Crippen LogP contribution in [0.3, 0.4) is 0 Å². The Hall–Kier alpha value is 0.500. The summed E-state index contributed by atoms with van der Waals surface area (Å²) in [5.41, 5.74) is 0. The second kappa shape index (κ2) is 8.63. The second-order valence-corrected chi connectivity index (χ2v) is 5.16. The van der Waals surface area contributed by atoms with Crippen molar-refractivity contribution in [1.29, 1.82) is 0 Å². The third kappa shape index (κ3) is 4.56. The van der Waals surface area contributed by atoms with Crippen LogP contribution in [0, 0.1) is 0 Å². The molecule has 1 aliphatic rings. The summed E-state index contributed by atoms with van der Waals surface area (Å²) in [5.74, 6) is 1.10. The Balaban J connectivity index is 2.35. The number of thiol groups is 2. The molecule has 0 amide bonds. The Labute approximate surface area is 118 Å². The molecule has 1 saturated heterocycles. The second-order valence-electron chi connectivity index (χ2n) is 4.35. The van der Waals surface area contributed by atoms with Crippen molar-refractivity contribution in [2.75, 3.05) is 18.1 Å². The van der Waals surface area contributed by atoms with Crippen molar-refractivity contribution < 1.29 is 24.8 Å². The lowest BCUT2D eigenvalue weighted by atomic mass is 10.00. The lowest BCUT2D eigenvalue weighted by Crippen LogP contribution is -2.58. The van der Waals surface area contributed by atoms with Crippen molar-refractivity contribution in [3.8, 4) is 0 Å². The van der Waals surface area contributed by atoms with Crippen molar-refractivity contribution in [2.24, 2.45) is 0 Å². The molecule has 7 heteroatoms. The van der Waals surface area contributed by atoms with E-state index in [0.717, 1.165) is 25.0 Å². The van der Waals surface area contributed by atoms with E-state index in [9.17, 15) is 15.3 Å². The third-order valence-corrected chi connectivity index (χ3v) is 3.61. The van der Waals surface area contributed by atoms with Gasteiger partial charge in [-0.2, -0.15) is 25.3 Å². The van der Waals surface area contributed by atoms with E-state index in [1.165, 1.54) is 0 Å². The van der Waals surface area contributed by atoms with Crippen LogP contribution in [0.4, 0.5) is 0 Å². The average Bonchev–Trinajstić information content (AvgIpc) is 2.38. The highest BCUT2D eigenvalue weighted by Gasteiger charge is 2.43. The van der Waals surface area contributed by atoms with Crippen LogP contribution >= 0.6 is 25.3 Å². The van der Waals surface area contributed by atoms with Crippen molar-refractivity contribution >= 4 is 25.3 Å². The highest BCUT2D eigenvalue weighted by atomic mass is 32.1. The molecule has 0 aromatic carbocycles. The summed E-state index contributed by atoms with van der Waals surface area (Å²) < 4.78 is 10.8. The normalized spacial score (nSPS) is 36.8. The maximum Gasteiger partial charge on any atom is 0.186 e. The minimum absolute atomic E-state index is 0.254. The monoisotopic (exact) mass is 298 g/mol. The number of aliphatic hydroxyl groups excluding tert-OH is 3. The Bertz CT molecular complexity index is 229. The van der Waals surface area contributed by atoms with Gasteiger partial charge in [0.15, 0.2) is 6.29 Å². The summed E-state index contributed by atoms with van der Waals surface area (Å²) in [7, 11) is 0. The van der Waals surface area contributed by atoms with Gasteiger partial charge in [0, 0.05) is 12.4 Å². The van der Waals surface area contributed by atoms with Gasteiger partial charge in [-0.15, -0.1) is 0 Å². The molecule has 0 bridgehead atoms. The van der Waals surface area contributed by atoms with Crippen LogP contribution in [-0.4, -0.2) is 64.1 Å². The number of hydrogen-bond donors (Lipinski definition) is 5. The molecule has 0 aromatic rings. The van der Waals surface area contributed by atoms with Crippen LogP contribution in [0.1, 0.15) is 19.3 Å². The van der Waals surface area contributed by atoms with Gasteiger partial charge in [0.1, 0.15) is 18.3 Å². The fraction of sp³-hybridized carbons (Fsp3) is 1.00.